The Bertz CT molecular complexity index is 323. The topological polar surface area (TPSA) is 32.5 Å². The van der Waals surface area contributed by atoms with Crippen LogP contribution >= 0.6 is 0 Å². The molecule has 17 heavy (non-hydrogen) atoms. The highest BCUT2D eigenvalue weighted by atomic mass is 15.3. The van der Waals surface area contributed by atoms with E-state index in [0.29, 0.717) is 6.04 Å². The average Bonchev–Trinajstić information content (AvgIpc) is 2.38. The summed E-state index contributed by atoms with van der Waals surface area (Å²) in [6.45, 7) is 5.33. The molecule has 1 fully saturated rings. The molecule has 0 saturated carbocycles. The number of hydrogen-bond acceptors (Lipinski definition) is 3. The highest BCUT2D eigenvalue weighted by Gasteiger charge is 2.25. The molecule has 0 amide bonds. The van der Waals surface area contributed by atoms with E-state index in [2.05, 4.69) is 47.2 Å². The number of likely N-dealkylation sites (N-methyl/N-ethyl adjacent to an activating group) is 1. The molecule has 1 aliphatic rings. The van der Waals surface area contributed by atoms with Crippen molar-refractivity contribution in [1.82, 2.24) is 9.80 Å². The second kappa shape index (κ2) is 6.15. The van der Waals surface area contributed by atoms with Crippen LogP contribution in [0.15, 0.2) is 30.3 Å². The summed E-state index contributed by atoms with van der Waals surface area (Å²) in [6.07, 6.45) is 1.09. The van der Waals surface area contributed by atoms with Crippen molar-refractivity contribution in [2.75, 3.05) is 39.8 Å². The Morgan fingerprint density at radius 1 is 1.24 bits per heavy atom. The predicted molar refractivity (Wildman–Crippen MR) is 71.9 cm³/mol. The molecular weight excluding hydrogens is 210 g/mol. The summed E-state index contributed by atoms with van der Waals surface area (Å²) >= 11 is 0. The van der Waals surface area contributed by atoms with Crippen LogP contribution in [-0.4, -0.2) is 49.6 Å². The van der Waals surface area contributed by atoms with Crippen LogP contribution in [0.1, 0.15) is 18.0 Å². The van der Waals surface area contributed by atoms with E-state index >= 15 is 0 Å². The summed E-state index contributed by atoms with van der Waals surface area (Å²) in [5, 5.41) is 0. The molecule has 1 heterocycles. The second-order valence-electron chi connectivity index (χ2n) is 4.87. The van der Waals surface area contributed by atoms with Gasteiger partial charge in [-0.25, -0.2) is 0 Å². The zero-order valence-electron chi connectivity index (χ0n) is 10.7. The van der Waals surface area contributed by atoms with Crippen LogP contribution in [0, 0.1) is 0 Å². The molecule has 2 N–H and O–H groups in total. The van der Waals surface area contributed by atoms with Gasteiger partial charge in [0.05, 0.1) is 0 Å². The first-order valence-corrected chi connectivity index (χ1v) is 6.49. The van der Waals surface area contributed by atoms with E-state index in [1.807, 2.05) is 0 Å². The fraction of sp³-hybridized carbons (Fsp3) is 0.571. The Hall–Kier alpha value is -0.900. The largest absolute Gasteiger partial charge is 0.330 e. The van der Waals surface area contributed by atoms with Gasteiger partial charge in [-0.05, 0) is 25.6 Å². The van der Waals surface area contributed by atoms with E-state index < -0.39 is 0 Å². The zero-order chi connectivity index (χ0) is 12.1. The molecule has 0 bridgehead atoms. The molecule has 1 aliphatic heterocycles. The van der Waals surface area contributed by atoms with Crippen LogP contribution < -0.4 is 5.73 Å². The zero-order valence-corrected chi connectivity index (χ0v) is 10.7. The fourth-order valence-electron chi connectivity index (χ4n) is 2.51. The van der Waals surface area contributed by atoms with Crippen LogP contribution in [0.25, 0.3) is 0 Å². The Morgan fingerprint density at radius 3 is 2.71 bits per heavy atom. The fourth-order valence-corrected chi connectivity index (χ4v) is 2.51. The average molecular weight is 233 g/mol. The summed E-state index contributed by atoms with van der Waals surface area (Å²) in [5.41, 5.74) is 7.05. The Balaban J connectivity index is 2.08. The summed E-state index contributed by atoms with van der Waals surface area (Å²) in [6, 6.07) is 11.3. The van der Waals surface area contributed by atoms with Gasteiger partial charge in [-0.3, -0.25) is 4.90 Å². The maximum absolute atomic E-state index is 5.62. The minimum Gasteiger partial charge on any atom is -0.330 e. The highest BCUT2D eigenvalue weighted by molar-refractivity contribution is 5.20. The van der Waals surface area contributed by atoms with Crippen molar-refractivity contribution in [3.8, 4) is 0 Å². The van der Waals surface area contributed by atoms with Crippen LogP contribution in [-0.2, 0) is 0 Å². The number of hydrogen-bond donors (Lipinski definition) is 1. The Morgan fingerprint density at radius 2 is 2.00 bits per heavy atom. The molecule has 0 spiro atoms. The third-order valence-corrected chi connectivity index (χ3v) is 3.53. The molecule has 1 saturated heterocycles. The lowest BCUT2D eigenvalue weighted by Gasteiger charge is -2.40. The van der Waals surface area contributed by atoms with E-state index in [-0.39, 0.29) is 0 Å². The van der Waals surface area contributed by atoms with Crippen LogP contribution in [0.5, 0.6) is 0 Å². The highest BCUT2D eigenvalue weighted by Crippen LogP contribution is 2.24. The van der Waals surface area contributed by atoms with Gasteiger partial charge in [0.25, 0.3) is 0 Å². The van der Waals surface area contributed by atoms with E-state index in [4.69, 9.17) is 5.73 Å². The molecule has 1 atom stereocenters. The van der Waals surface area contributed by atoms with Crippen molar-refractivity contribution in [3.05, 3.63) is 35.9 Å². The second-order valence-corrected chi connectivity index (χ2v) is 4.87. The number of rotatable bonds is 4. The Labute approximate surface area is 104 Å². The van der Waals surface area contributed by atoms with Gasteiger partial charge in [0.15, 0.2) is 0 Å². The predicted octanol–water partition coefficient (Wildman–Crippen LogP) is 1.32. The molecule has 0 aromatic heterocycles. The molecule has 0 unspecified atom stereocenters. The maximum atomic E-state index is 5.62. The summed E-state index contributed by atoms with van der Waals surface area (Å²) < 4.78 is 0. The normalized spacial score (nSPS) is 22.8. The first-order valence-electron chi connectivity index (χ1n) is 6.49. The number of nitrogens with two attached hydrogens (primary N) is 1. The van der Waals surface area contributed by atoms with Gasteiger partial charge < -0.3 is 10.6 Å². The number of benzene rings is 1. The van der Waals surface area contributed by atoms with Gasteiger partial charge in [-0.1, -0.05) is 30.3 Å². The van der Waals surface area contributed by atoms with Crippen LogP contribution in [0.3, 0.4) is 0 Å². The molecule has 3 nitrogen and oxygen atoms in total. The van der Waals surface area contributed by atoms with E-state index in [1.165, 1.54) is 5.56 Å². The van der Waals surface area contributed by atoms with Crippen molar-refractivity contribution in [2.24, 2.45) is 5.73 Å². The molecule has 0 aliphatic carbocycles. The van der Waals surface area contributed by atoms with E-state index in [1.54, 1.807) is 0 Å². The molecule has 2 rings (SSSR count). The summed E-state index contributed by atoms with van der Waals surface area (Å²) in [4.78, 5) is 4.98. The van der Waals surface area contributed by atoms with Crippen molar-refractivity contribution in [2.45, 2.75) is 12.5 Å². The minimum absolute atomic E-state index is 0.529. The SMILES string of the molecule is CN1CCN(CCCN)[C@H](c2ccccc2)C1. The van der Waals surface area contributed by atoms with Crippen molar-refractivity contribution < 1.29 is 0 Å². The molecule has 1 aromatic rings. The Kier molecular flexibility index (Phi) is 4.54. The molecule has 94 valence electrons. The first-order chi connectivity index (χ1) is 8.31. The van der Waals surface area contributed by atoms with E-state index in [9.17, 15) is 0 Å². The lowest BCUT2D eigenvalue weighted by Crippen LogP contribution is -2.47. The van der Waals surface area contributed by atoms with E-state index in [0.717, 1.165) is 39.1 Å². The molecule has 3 heteroatoms. The van der Waals surface area contributed by atoms with Crippen molar-refractivity contribution in [3.63, 3.8) is 0 Å². The molecule has 1 aromatic carbocycles. The first kappa shape index (κ1) is 12.6. The summed E-state index contributed by atoms with van der Waals surface area (Å²) in [7, 11) is 2.20. The van der Waals surface area contributed by atoms with Crippen molar-refractivity contribution in [1.29, 1.82) is 0 Å². The standard InChI is InChI=1S/C14H23N3/c1-16-10-11-17(9-5-8-15)14(12-16)13-6-3-2-4-7-13/h2-4,6-7,14H,5,8-12,15H2,1H3/t14-/m0/s1. The minimum atomic E-state index is 0.529. The maximum Gasteiger partial charge on any atom is 0.0475 e. The smallest absolute Gasteiger partial charge is 0.0475 e. The van der Waals surface area contributed by atoms with Crippen molar-refractivity contribution >= 4 is 0 Å². The number of piperazine rings is 1. The third kappa shape index (κ3) is 3.28. The quantitative estimate of drug-likeness (QED) is 0.851. The monoisotopic (exact) mass is 233 g/mol. The lowest BCUT2D eigenvalue weighted by atomic mass is 10.0. The van der Waals surface area contributed by atoms with Gasteiger partial charge in [0, 0.05) is 32.2 Å². The lowest BCUT2D eigenvalue weighted by molar-refractivity contribution is 0.0894. The molecule has 0 radical (unpaired) electrons. The van der Waals surface area contributed by atoms with Gasteiger partial charge >= 0.3 is 0 Å². The molecular formula is C14H23N3. The van der Waals surface area contributed by atoms with Crippen LogP contribution in [0.4, 0.5) is 0 Å². The summed E-state index contributed by atoms with van der Waals surface area (Å²) in [5.74, 6) is 0. The third-order valence-electron chi connectivity index (χ3n) is 3.53. The van der Waals surface area contributed by atoms with Gasteiger partial charge in [0.2, 0.25) is 0 Å². The van der Waals surface area contributed by atoms with Gasteiger partial charge in [-0.2, -0.15) is 0 Å². The number of nitrogens with zero attached hydrogens (tertiary/aromatic N) is 2. The van der Waals surface area contributed by atoms with Gasteiger partial charge in [0.1, 0.15) is 0 Å². The van der Waals surface area contributed by atoms with Gasteiger partial charge in [-0.15, -0.1) is 0 Å². The van der Waals surface area contributed by atoms with Crippen LogP contribution in [0.2, 0.25) is 0 Å².